The second-order valence-electron chi connectivity index (χ2n) is 6.77. The highest BCUT2D eigenvalue weighted by atomic mass is 16.4. The van der Waals surface area contributed by atoms with E-state index in [9.17, 15) is 9.90 Å². The number of rotatable bonds is 3. The zero-order valence-corrected chi connectivity index (χ0v) is 11.2. The Morgan fingerprint density at radius 1 is 1.18 bits per heavy atom. The van der Waals surface area contributed by atoms with Gasteiger partial charge in [-0.2, -0.15) is 0 Å². The van der Waals surface area contributed by atoms with Gasteiger partial charge in [0.15, 0.2) is 0 Å². The third-order valence-electron chi connectivity index (χ3n) is 4.52. The molecular weight excluding hydrogens is 214 g/mol. The van der Waals surface area contributed by atoms with Crippen LogP contribution in [0.4, 0.5) is 0 Å². The number of piperidine rings is 1. The molecule has 0 bridgehead atoms. The summed E-state index contributed by atoms with van der Waals surface area (Å²) in [5, 5.41) is 9.50. The van der Waals surface area contributed by atoms with E-state index in [1.165, 1.54) is 12.8 Å². The van der Waals surface area contributed by atoms with Crippen molar-refractivity contribution < 1.29 is 9.90 Å². The van der Waals surface area contributed by atoms with Gasteiger partial charge in [-0.15, -0.1) is 0 Å². The second-order valence-corrected chi connectivity index (χ2v) is 6.77. The Morgan fingerprint density at radius 2 is 1.82 bits per heavy atom. The fourth-order valence-corrected chi connectivity index (χ4v) is 3.60. The first kappa shape index (κ1) is 12.9. The fourth-order valence-electron chi connectivity index (χ4n) is 3.60. The van der Waals surface area contributed by atoms with E-state index in [0.29, 0.717) is 5.41 Å². The van der Waals surface area contributed by atoms with E-state index in [-0.39, 0.29) is 0 Å². The lowest BCUT2D eigenvalue weighted by molar-refractivity contribution is -0.150. The minimum atomic E-state index is -0.571. The van der Waals surface area contributed by atoms with Crippen molar-refractivity contribution in [2.24, 2.45) is 10.8 Å². The second kappa shape index (κ2) is 4.60. The summed E-state index contributed by atoms with van der Waals surface area (Å²) in [6.07, 6.45) is 6.40. The molecule has 98 valence electrons. The van der Waals surface area contributed by atoms with Gasteiger partial charge in [0.1, 0.15) is 0 Å². The summed E-state index contributed by atoms with van der Waals surface area (Å²) in [4.78, 5) is 13.9. The first-order chi connectivity index (χ1) is 7.94. The third-order valence-corrected chi connectivity index (χ3v) is 4.52. The maximum atomic E-state index is 11.5. The highest BCUT2D eigenvalue weighted by Gasteiger charge is 2.43. The molecule has 2 fully saturated rings. The Labute approximate surface area is 104 Å². The van der Waals surface area contributed by atoms with Crippen LogP contribution in [0, 0.1) is 10.8 Å². The van der Waals surface area contributed by atoms with Crippen LogP contribution in [0.3, 0.4) is 0 Å². The van der Waals surface area contributed by atoms with Crippen molar-refractivity contribution in [2.45, 2.75) is 52.4 Å². The Hall–Kier alpha value is -0.570. The molecule has 0 amide bonds. The summed E-state index contributed by atoms with van der Waals surface area (Å²) < 4.78 is 0. The van der Waals surface area contributed by atoms with Crippen LogP contribution in [0.25, 0.3) is 0 Å². The summed E-state index contributed by atoms with van der Waals surface area (Å²) >= 11 is 0. The van der Waals surface area contributed by atoms with Gasteiger partial charge in [0.25, 0.3) is 0 Å². The molecule has 2 aliphatic rings. The largest absolute Gasteiger partial charge is 0.481 e. The standard InChI is InChI=1S/C14H25NO2/c1-13(2)6-5-9-15(10-13)11-14(12(16)17)7-3-4-8-14/h3-11H2,1-2H3,(H,16,17). The van der Waals surface area contributed by atoms with Gasteiger partial charge in [-0.3, -0.25) is 4.79 Å². The van der Waals surface area contributed by atoms with E-state index >= 15 is 0 Å². The number of carboxylic acids is 1. The van der Waals surface area contributed by atoms with Crippen LogP contribution in [-0.4, -0.2) is 35.6 Å². The number of aliphatic carboxylic acids is 1. The monoisotopic (exact) mass is 239 g/mol. The maximum absolute atomic E-state index is 11.5. The fraction of sp³-hybridized carbons (Fsp3) is 0.929. The van der Waals surface area contributed by atoms with Gasteiger partial charge < -0.3 is 10.0 Å². The quantitative estimate of drug-likeness (QED) is 0.823. The summed E-state index contributed by atoms with van der Waals surface area (Å²) in [6, 6.07) is 0. The SMILES string of the molecule is CC1(C)CCCN(CC2(C(=O)O)CCCC2)C1. The molecule has 0 radical (unpaired) electrons. The van der Waals surface area contributed by atoms with Crippen molar-refractivity contribution >= 4 is 5.97 Å². The van der Waals surface area contributed by atoms with Crippen LogP contribution in [0.15, 0.2) is 0 Å². The lowest BCUT2D eigenvalue weighted by atomic mass is 9.81. The third kappa shape index (κ3) is 2.82. The lowest BCUT2D eigenvalue weighted by Gasteiger charge is -2.41. The number of hydrogen-bond acceptors (Lipinski definition) is 2. The average Bonchev–Trinajstić information content (AvgIpc) is 2.66. The number of hydrogen-bond donors (Lipinski definition) is 1. The molecule has 0 aromatic rings. The van der Waals surface area contributed by atoms with Gasteiger partial charge in [0.05, 0.1) is 5.41 Å². The molecule has 0 aromatic carbocycles. The topological polar surface area (TPSA) is 40.5 Å². The summed E-state index contributed by atoms with van der Waals surface area (Å²) in [5.41, 5.74) is -0.0794. The van der Waals surface area contributed by atoms with E-state index in [4.69, 9.17) is 0 Å². The molecular formula is C14H25NO2. The van der Waals surface area contributed by atoms with E-state index in [2.05, 4.69) is 18.7 Å². The van der Waals surface area contributed by atoms with Crippen molar-refractivity contribution in [1.29, 1.82) is 0 Å². The normalized spacial score (nSPS) is 28.1. The number of likely N-dealkylation sites (tertiary alicyclic amines) is 1. The van der Waals surface area contributed by atoms with E-state index in [0.717, 1.165) is 45.3 Å². The summed E-state index contributed by atoms with van der Waals surface area (Å²) in [6.45, 7) is 7.49. The molecule has 1 aliphatic carbocycles. The van der Waals surface area contributed by atoms with Crippen LogP contribution < -0.4 is 0 Å². The van der Waals surface area contributed by atoms with Crippen molar-refractivity contribution in [1.82, 2.24) is 4.90 Å². The van der Waals surface area contributed by atoms with Crippen LogP contribution in [0.5, 0.6) is 0 Å². The predicted molar refractivity (Wildman–Crippen MR) is 68.0 cm³/mol. The summed E-state index contributed by atoms with van der Waals surface area (Å²) in [7, 11) is 0. The molecule has 17 heavy (non-hydrogen) atoms. The molecule has 0 unspecified atom stereocenters. The highest BCUT2D eigenvalue weighted by Crippen LogP contribution is 2.40. The van der Waals surface area contributed by atoms with Crippen molar-refractivity contribution in [3.05, 3.63) is 0 Å². The molecule has 1 saturated carbocycles. The van der Waals surface area contributed by atoms with Crippen LogP contribution in [-0.2, 0) is 4.79 Å². The van der Waals surface area contributed by atoms with E-state index < -0.39 is 11.4 Å². The van der Waals surface area contributed by atoms with Gasteiger partial charge >= 0.3 is 5.97 Å². The zero-order valence-electron chi connectivity index (χ0n) is 11.2. The Kier molecular flexibility index (Phi) is 3.48. The van der Waals surface area contributed by atoms with Gasteiger partial charge in [-0.25, -0.2) is 0 Å². The molecule has 1 N–H and O–H groups in total. The molecule has 1 saturated heterocycles. The van der Waals surface area contributed by atoms with Crippen molar-refractivity contribution in [3.8, 4) is 0 Å². The molecule has 1 aliphatic heterocycles. The van der Waals surface area contributed by atoms with Crippen LogP contribution in [0.2, 0.25) is 0 Å². The molecule has 2 rings (SSSR count). The zero-order chi connectivity index (χ0) is 12.5. The van der Waals surface area contributed by atoms with E-state index in [1.54, 1.807) is 0 Å². The first-order valence-electron chi connectivity index (χ1n) is 6.89. The van der Waals surface area contributed by atoms with Crippen LogP contribution in [0.1, 0.15) is 52.4 Å². The molecule has 3 heteroatoms. The lowest BCUT2D eigenvalue weighted by Crippen LogP contribution is -2.47. The van der Waals surface area contributed by atoms with Gasteiger partial charge in [-0.1, -0.05) is 26.7 Å². The van der Waals surface area contributed by atoms with Crippen molar-refractivity contribution in [2.75, 3.05) is 19.6 Å². The average molecular weight is 239 g/mol. The Balaban J connectivity index is 2.01. The highest BCUT2D eigenvalue weighted by molar-refractivity contribution is 5.75. The van der Waals surface area contributed by atoms with Gasteiger partial charge in [0, 0.05) is 13.1 Å². The minimum Gasteiger partial charge on any atom is -0.481 e. The van der Waals surface area contributed by atoms with Crippen molar-refractivity contribution in [3.63, 3.8) is 0 Å². The molecule has 1 heterocycles. The smallest absolute Gasteiger partial charge is 0.310 e. The van der Waals surface area contributed by atoms with Crippen LogP contribution >= 0.6 is 0 Å². The van der Waals surface area contributed by atoms with Gasteiger partial charge in [-0.05, 0) is 37.6 Å². The summed E-state index contributed by atoms with van der Waals surface area (Å²) in [5.74, 6) is -0.571. The van der Waals surface area contributed by atoms with E-state index in [1.807, 2.05) is 0 Å². The molecule has 3 nitrogen and oxygen atoms in total. The first-order valence-corrected chi connectivity index (χ1v) is 6.89. The molecule has 0 spiro atoms. The number of nitrogens with zero attached hydrogens (tertiary/aromatic N) is 1. The van der Waals surface area contributed by atoms with Gasteiger partial charge in [0.2, 0.25) is 0 Å². The Morgan fingerprint density at radius 3 is 2.35 bits per heavy atom. The minimum absolute atomic E-state index is 0.358. The number of carbonyl (C=O) groups is 1. The Bertz CT molecular complexity index is 293. The molecule has 0 aromatic heterocycles. The molecule has 0 atom stereocenters. The maximum Gasteiger partial charge on any atom is 0.310 e. The number of carboxylic acid groups (broad SMARTS) is 1. The predicted octanol–water partition coefficient (Wildman–Crippen LogP) is 2.75.